The number of rotatable bonds is 2. The fourth-order valence-electron chi connectivity index (χ4n) is 3.50. The third-order valence-electron chi connectivity index (χ3n) is 4.55. The Morgan fingerprint density at radius 3 is 3.11 bits per heavy atom. The average Bonchev–Trinajstić information content (AvgIpc) is 2.46. The molecule has 2 aliphatic heterocycles. The summed E-state index contributed by atoms with van der Waals surface area (Å²) in [5.41, 5.74) is 2.11. The molecule has 1 N–H and O–H groups in total. The molecule has 2 fully saturated rings. The molecule has 104 valence electrons. The zero-order chi connectivity index (χ0) is 13.2. The molecule has 2 saturated heterocycles. The molecule has 3 rings (SSSR count). The van der Waals surface area contributed by atoms with E-state index in [-0.39, 0.29) is 6.61 Å². The smallest absolute Gasteiger partial charge is 0.0703 e. The highest BCUT2D eigenvalue weighted by atomic mass is 16.3. The molecule has 3 heterocycles. The van der Waals surface area contributed by atoms with Crippen LogP contribution >= 0.6 is 0 Å². The van der Waals surface area contributed by atoms with Crippen LogP contribution in [-0.4, -0.2) is 46.7 Å². The van der Waals surface area contributed by atoms with E-state index in [0.29, 0.717) is 12.1 Å². The van der Waals surface area contributed by atoms with E-state index in [0.717, 1.165) is 24.3 Å². The molecule has 2 unspecified atom stereocenters. The van der Waals surface area contributed by atoms with Gasteiger partial charge in [0.15, 0.2) is 0 Å². The maximum atomic E-state index is 9.50. The first-order chi connectivity index (χ1) is 9.29. The number of piperidine rings is 1. The molecule has 0 saturated carbocycles. The molecule has 4 nitrogen and oxygen atoms in total. The third kappa shape index (κ3) is 2.47. The first kappa shape index (κ1) is 12.9. The van der Waals surface area contributed by atoms with Gasteiger partial charge in [0, 0.05) is 36.9 Å². The standard InChI is InChI=1S/C15H23N3O/c1-12-9-17-7-3-2-4-14(17)10-18(12)15-8-16-6-5-13(15)11-19/h5-6,8,12,14,19H,2-4,7,9-11H2,1H3. The topological polar surface area (TPSA) is 39.6 Å². The molecule has 4 heteroatoms. The zero-order valence-corrected chi connectivity index (χ0v) is 11.6. The van der Waals surface area contributed by atoms with E-state index in [1.54, 1.807) is 6.20 Å². The van der Waals surface area contributed by atoms with Crippen LogP contribution in [0.4, 0.5) is 5.69 Å². The van der Waals surface area contributed by atoms with Gasteiger partial charge in [0.2, 0.25) is 0 Å². The highest BCUT2D eigenvalue weighted by Crippen LogP contribution is 2.29. The lowest BCUT2D eigenvalue weighted by Gasteiger charge is -2.48. The Hall–Kier alpha value is -1.13. The number of piperazine rings is 1. The van der Waals surface area contributed by atoms with Gasteiger partial charge in [-0.3, -0.25) is 9.88 Å². The minimum atomic E-state index is 0.0927. The van der Waals surface area contributed by atoms with Crippen molar-refractivity contribution in [3.05, 3.63) is 24.0 Å². The Morgan fingerprint density at radius 1 is 1.37 bits per heavy atom. The van der Waals surface area contributed by atoms with Crippen molar-refractivity contribution in [1.82, 2.24) is 9.88 Å². The van der Waals surface area contributed by atoms with Gasteiger partial charge in [0.05, 0.1) is 18.5 Å². The van der Waals surface area contributed by atoms with Crippen molar-refractivity contribution >= 4 is 5.69 Å². The number of hydrogen-bond acceptors (Lipinski definition) is 4. The van der Waals surface area contributed by atoms with Crippen LogP contribution in [0.2, 0.25) is 0 Å². The second kappa shape index (κ2) is 5.47. The van der Waals surface area contributed by atoms with E-state index in [2.05, 4.69) is 21.7 Å². The molecule has 0 aliphatic carbocycles. The van der Waals surface area contributed by atoms with Crippen molar-refractivity contribution in [3.63, 3.8) is 0 Å². The summed E-state index contributed by atoms with van der Waals surface area (Å²) < 4.78 is 0. The molecule has 1 aromatic rings. The third-order valence-corrected chi connectivity index (χ3v) is 4.55. The molecule has 2 aliphatic rings. The van der Waals surface area contributed by atoms with Gasteiger partial charge in [-0.1, -0.05) is 6.42 Å². The molecule has 0 amide bonds. The quantitative estimate of drug-likeness (QED) is 0.878. The Balaban J connectivity index is 1.83. The minimum absolute atomic E-state index is 0.0927. The lowest BCUT2D eigenvalue weighted by molar-refractivity contribution is 0.115. The van der Waals surface area contributed by atoms with Crippen LogP contribution in [0.1, 0.15) is 31.7 Å². The van der Waals surface area contributed by atoms with Gasteiger partial charge in [0.25, 0.3) is 0 Å². The number of hydrogen-bond donors (Lipinski definition) is 1. The Morgan fingerprint density at radius 2 is 2.26 bits per heavy atom. The van der Waals surface area contributed by atoms with Crippen molar-refractivity contribution in [2.24, 2.45) is 0 Å². The van der Waals surface area contributed by atoms with Gasteiger partial charge in [-0.25, -0.2) is 0 Å². The van der Waals surface area contributed by atoms with Gasteiger partial charge in [-0.15, -0.1) is 0 Å². The summed E-state index contributed by atoms with van der Waals surface area (Å²) in [5, 5.41) is 9.50. The van der Waals surface area contributed by atoms with Crippen LogP contribution in [0.15, 0.2) is 18.5 Å². The molecule has 2 atom stereocenters. The van der Waals surface area contributed by atoms with Crippen LogP contribution in [0, 0.1) is 0 Å². The number of anilines is 1. The Bertz CT molecular complexity index is 437. The molecule has 0 spiro atoms. The Kier molecular flexibility index (Phi) is 3.71. The summed E-state index contributed by atoms with van der Waals surface area (Å²) in [6.07, 6.45) is 7.66. The molecule has 0 radical (unpaired) electrons. The summed E-state index contributed by atoms with van der Waals surface area (Å²) in [6.45, 7) is 5.82. The van der Waals surface area contributed by atoms with Crippen molar-refractivity contribution in [2.45, 2.75) is 44.9 Å². The lowest BCUT2D eigenvalue weighted by Crippen LogP contribution is -2.59. The van der Waals surface area contributed by atoms with Gasteiger partial charge in [-0.2, -0.15) is 0 Å². The molecule has 19 heavy (non-hydrogen) atoms. The van der Waals surface area contributed by atoms with Crippen LogP contribution in [0.25, 0.3) is 0 Å². The first-order valence-electron chi connectivity index (χ1n) is 7.34. The highest BCUT2D eigenvalue weighted by molar-refractivity contribution is 5.53. The number of fused-ring (bicyclic) bond motifs is 1. The van der Waals surface area contributed by atoms with E-state index in [4.69, 9.17) is 0 Å². The first-order valence-corrected chi connectivity index (χ1v) is 7.34. The van der Waals surface area contributed by atoms with E-state index in [1.165, 1.54) is 25.8 Å². The Labute approximate surface area is 115 Å². The largest absolute Gasteiger partial charge is 0.392 e. The number of aromatic nitrogens is 1. The van der Waals surface area contributed by atoms with Crippen LogP contribution in [-0.2, 0) is 6.61 Å². The van der Waals surface area contributed by atoms with Crippen molar-refractivity contribution in [1.29, 1.82) is 0 Å². The van der Waals surface area contributed by atoms with E-state index >= 15 is 0 Å². The predicted molar refractivity (Wildman–Crippen MR) is 76.2 cm³/mol. The maximum Gasteiger partial charge on any atom is 0.0703 e. The molecule has 1 aromatic heterocycles. The second-order valence-corrected chi connectivity index (χ2v) is 5.81. The van der Waals surface area contributed by atoms with Gasteiger partial charge < -0.3 is 10.0 Å². The molecular formula is C15H23N3O. The molecule has 0 aromatic carbocycles. The normalized spacial score (nSPS) is 28.2. The molecular weight excluding hydrogens is 238 g/mol. The van der Waals surface area contributed by atoms with Crippen molar-refractivity contribution in [2.75, 3.05) is 24.5 Å². The average molecular weight is 261 g/mol. The SMILES string of the molecule is CC1CN2CCCCC2CN1c1cnccc1CO. The fourth-order valence-corrected chi connectivity index (χ4v) is 3.50. The van der Waals surface area contributed by atoms with E-state index in [9.17, 15) is 5.11 Å². The predicted octanol–water partition coefficient (Wildman–Crippen LogP) is 1.64. The van der Waals surface area contributed by atoms with Crippen LogP contribution in [0.5, 0.6) is 0 Å². The monoisotopic (exact) mass is 261 g/mol. The van der Waals surface area contributed by atoms with Crippen molar-refractivity contribution < 1.29 is 5.11 Å². The van der Waals surface area contributed by atoms with Crippen LogP contribution < -0.4 is 4.90 Å². The van der Waals surface area contributed by atoms with E-state index < -0.39 is 0 Å². The molecule has 0 bridgehead atoms. The van der Waals surface area contributed by atoms with E-state index in [1.807, 2.05) is 12.3 Å². The number of aliphatic hydroxyl groups is 1. The zero-order valence-electron chi connectivity index (χ0n) is 11.6. The van der Waals surface area contributed by atoms with Gasteiger partial charge in [-0.05, 0) is 32.4 Å². The van der Waals surface area contributed by atoms with Crippen molar-refractivity contribution in [3.8, 4) is 0 Å². The summed E-state index contributed by atoms with van der Waals surface area (Å²) in [5.74, 6) is 0. The van der Waals surface area contributed by atoms with Gasteiger partial charge in [0.1, 0.15) is 0 Å². The summed E-state index contributed by atoms with van der Waals surface area (Å²) in [6, 6.07) is 3.09. The summed E-state index contributed by atoms with van der Waals surface area (Å²) >= 11 is 0. The summed E-state index contributed by atoms with van der Waals surface area (Å²) in [7, 11) is 0. The highest BCUT2D eigenvalue weighted by Gasteiger charge is 2.33. The van der Waals surface area contributed by atoms with Crippen LogP contribution in [0.3, 0.4) is 0 Å². The fraction of sp³-hybridized carbons (Fsp3) is 0.667. The number of nitrogens with zero attached hydrogens (tertiary/aromatic N) is 3. The maximum absolute atomic E-state index is 9.50. The number of pyridine rings is 1. The number of aliphatic hydroxyl groups excluding tert-OH is 1. The summed E-state index contributed by atoms with van der Waals surface area (Å²) in [4.78, 5) is 9.31. The second-order valence-electron chi connectivity index (χ2n) is 5.81. The lowest BCUT2D eigenvalue weighted by atomic mass is 9.96. The van der Waals surface area contributed by atoms with Gasteiger partial charge >= 0.3 is 0 Å². The minimum Gasteiger partial charge on any atom is -0.392 e.